The van der Waals surface area contributed by atoms with Crippen molar-refractivity contribution in [3.63, 3.8) is 0 Å². The largest absolute Gasteiger partial charge is 0.399 e. The first-order valence-corrected chi connectivity index (χ1v) is 11.2. The van der Waals surface area contributed by atoms with E-state index in [1.165, 1.54) is 13.3 Å². The van der Waals surface area contributed by atoms with Crippen molar-refractivity contribution in [1.29, 1.82) is 0 Å². The lowest BCUT2D eigenvalue weighted by Crippen LogP contribution is -2.63. The van der Waals surface area contributed by atoms with Crippen LogP contribution in [-0.2, 0) is 20.9 Å². The number of likely N-dealkylation sites (tertiary alicyclic amines) is 1. The van der Waals surface area contributed by atoms with E-state index in [0.717, 1.165) is 36.8 Å². The summed E-state index contributed by atoms with van der Waals surface area (Å²) < 4.78 is 0. The van der Waals surface area contributed by atoms with E-state index < -0.39 is 12.1 Å². The third-order valence-corrected chi connectivity index (χ3v) is 6.36. The molecular weight excluding hydrogens is 392 g/mol. The number of benzene rings is 1. The van der Waals surface area contributed by atoms with Gasteiger partial charge in [-0.05, 0) is 43.2 Å². The van der Waals surface area contributed by atoms with E-state index in [9.17, 15) is 14.4 Å². The number of ketones is 1. The number of hydrogen-bond acceptors (Lipinski definition) is 5. The van der Waals surface area contributed by atoms with E-state index in [1.807, 2.05) is 24.3 Å². The molecule has 7 heteroatoms. The Morgan fingerprint density at radius 2 is 1.81 bits per heavy atom. The summed E-state index contributed by atoms with van der Waals surface area (Å²) in [6, 6.07) is 6.72. The molecule has 31 heavy (non-hydrogen) atoms. The quantitative estimate of drug-likeness (QED) is 0.560. The highest BCUT2D eigenvalue weighted by Crippen LogP contribution is 2.29. The topological polar surface area (TPSA) is 105 Å². The van der Waals surface area contributed by atoms with Gasteiger partial charge in [-0.15, -0.1) is 0 Å². The maximum Gasteiger partial charge on any atom is 0.243 e. The summed E-state index contributed by atoms with van der Waals surface area (Å²) in [5.41, 5.74) is 8.01. The Morgan fingerprint density at radius 3 is 2.35 bits per heavy atom. The molecule has 3 rings (SSSR count). The van der Waals surface area contributed by atoms with E-state index in [1.54, 1.807) is 4.90 Å². The van der Waals surface area contributed by atoms with Crippen molar-refractivity contribution in [2.75, 3.05) is 13.1 Å². The van der Waals surface area contributed by atoms with Gasteiger partial charge in [0.15, 0.2) is 0 Å². The number of amides is 2. The first kappa shape index (κ1) is 23.0. The highest BCUT2D eigenvalue weighted by Gasteiger charge is 2.42. The molecule has 0 spiro atoms. The zero-order chi connectivity index (χ0) is 22.4. The number of nitrogens with zero attached hydrogens (tertiary/aromatic N) is 1. The van der Waals surface area contributed by atoms with E-state index in [-0.39, 0.29) is 30.1 Å². The van der Waals surface area contributed by atoms with Crippen molar-refractivity contribution in [3.05, 3.63) is 42.0 Å². The third-order valence-electron chi connectivity index (χ3n) is 6.36. The lowest BCUT2D eigenvalue weighted by atomic mass is 9.82. The van der Waals surface area contributed by atoms with Gasteiger partial charge >= 0.3 is 0 Å². The van der Waals surface area contributed by atoms with Crippen molar-refractivity contribution in [3.8, 4) is 0 Å². The van der Waals surface area contributed by atoms with Gasteiger partial charge in [-0.2, -0.15) is 0 Å². The van der Waals surface area contributed by atoms with Crippen molar-refractivity contribution < 1.29 is 14.4 Å². The summed E-state index contributed by atoms with van der Waals surface area (Å²) in [4.78, 5) is 39.2. The van der Waals surface area contributed by atoms with Gasteiger partial charge in [0.25, 0.3) is 0 Å². The number of carbonyl (C=O) groups is 3. The average Bonchev–Trinajstić information content (AvgIpc) is 2.72. The minimum atomic E-state index is -0.444. The van der Waals surface area contributed by atoms with Gasteiger partial charge < -0.3 is 16.0 Å². The molecule has 0 radical (unpaired) electrons. The number of rotatable bonds is 9. The van der Waals surface area contributed by atoms with E-state index in [2.05, 4.69) is 17.2 Å². The molecule has 1 aliphatic carbocycles. The summed E-state index contributed by atoms with van der Waals surface area (Å²) in [5.74, 6) is 0.0442. The Balaban J connectivity index is 1.58. The fourth-order valence-electron chi connectivity index (χ4n) is 4.42. The Labute approximate surface area is 184 Å². The summed E-state index contributed by atoms with van der Waals surface area (Å²) in [5, 5.41) is 6.12. The van der Waals surface area contributed by atoms with Crippen LogP contribution in [0.2, 0.25) is 0 Å². The van der Waals surface area contributed by atoms with Crippen LogP contribution in [0, 0.1) is 5.92 Å². The SMILES string of the molecule is C=C(N)c1ccc(CNC(=O)[C@@H]2CCN2C(=O)[C@H](NCC(C)=O)C2CCCCC2)cc1. The number of Topliss-reactive ketones (excluding diaryl/α,β-unsaturated/α-hetero) is 1. The van der Waals surface area contributed by atoms with Gasteiger partial charge in [-0.3, -0.25) is 19.7 Å². The molecule has 4 N–H and O–H groups in total. The number of carbonyl (C=O) groups excluding carboxylic acids is 3. The maximum atomic E-state index is 13.3. The maximum absolute atomic E-state index is 13.3. The molecule has 1 saturated carbocycles. The van der Waals surface area contributed by atoms with Gasteiger partial charge in [0, 0.05) is 18.8 Å². The van der Waals surface area contributed by atoms with Crippen LogP contribution in [0.15, 0.2) is 30.8 Å². The minimum Gasteiger partial charge on any atom is -0.399 e. The molecule has 1 aromatic carbocycles. The van der Waals surface area contributed by atoms with Crippen LogP contribution in [-0.4, -0.2) is 47.7 Å². The smallest absolute Gasteiger partial charge is 0.243 e. The molecule has 0 unspecified atom stereocenters. The number of nitrogens with two attached hydrogens (primary N) is 1. The van der Waals surface area contributed by atoms with Crippen LogP contribution in [0.4, 0.5) is 0 Å². The van der Waals surface area contributed by atoms with Crippen LogP contribution in [0.1, 0.15) is 56.6 Å². The van der Waals surface area contributed by atoms with Crippen LogP contribution in [0.3, 0.4) is 0 Å². The molecule has 2 fully saturated rings. The van der Waals surface area contributed by atoms with Gasteiger partial charge in [0.2, 0.25) is 11.8 Å². The average molecular weight is 427 g/mol. The van der Waals surface area contributed by atoms with Crippen LogP contribution in [0.5, 0.6) is 0 Å². The zero-order valence-electron chi connectivity index (χ0n) is 18.4. The summed E-state index contributed by atoms with van der Waals surface area (Å²) in [6.07, 6.45) is 6.04. The van der Waals surface area contributed by atoms with Crippen molar-refractivity contribution in [2.45, 2.75) is 64.1 Å². The second kappa shape index (κ2) is 10.6. The molecule has 2 atom stereocenters. The lowest BCUT2D eigenvalue weighted by Gasteiger charge is -2.43. The Morgan fingerprint density at radius 1 is 1.13 bits per heavy atom. The predicted octanol–water partition coefficient (Wildman–Crippen LogP) is 1.96. The first-order valence-electron chi connectivity index (χ1n) is 11.2. The van der Waals surface area contributed by atoms with Crippen molar-refractivity contribution in [2.24, 2.45) is 11.7 Å². The minimum absolute atomic E-state index is 0.00995. The van der Waals surface area contributed by atoms with Gasteiger partial charge in [-0.1, -0.05) is 50.1 Å². The molecular formula is C24H34N4O3. The summed E-state index contributed by atoms with van der Waals surface area (Å²) in [7, 11) is 0. The molecule has 1 saturated heterocycles. The Bertz CT molecular complexity index is 815. The number of nitrogens with one attached hydrogen (secondary N) is 2. The van der Waals surface area contributed by atoms with Gasteiger partial charge in [0.05, 0.1) is 12.6 Å². The first-order chi connectivity index (χ1) is 14.9. The van der Waals surface area contributed by atoms with Crippen LogP contribution >= 0.6 is 0 Å². The molecule has 1 aliphatic heterocycles. The molecule has 1 aromatic rings. The molecule has 0 aromatic heterocycles. The molecule has 1 heterocycles. The molecule has 2 amide bonds. The standard InChI is InChI=1S/C24H34N4O3/c1-16(29)14-26-22(20-6-4-3-5-7-20)24(31)28-13-12-21(28)23(30)27-15-18-8-10-19(11-9-18)17(2)25/h8-11,20-22,26H,2-7,12-15,25H2,1H3,(H,27,30)/t21-,22+/m0/s1. The third kappa shape index (κ3) is 5.94. The van der Waals surface area contributed by atoms with Crippen LogP contribution < -0.4 is 16.4 Å². The van der Waals surface area contributed by atoms with Gasteiger partial charge in [-0.25, -0.2) is 0 Å². The zero-order valence-corrected chi connectivity index (χ0v) is 18.4. The van der Waals surface area contributed by atoms with E-state index >= 15 is 0 Å². The summed E-state index contributed by atoms with van der Waals surface area (Å²) in [6.45, 7) is 6.39. The fraction of sp³-hybridized carbons (Fsp3) is 0.542. The fourth-order valence-corrected chi connectivity index (χ4v) is 4.42. The number of hydrogen-bond donors (Lipinski definition) is 3. The monoisotopic (exact) mass is 426 g/mol. The highest BCUT2D eigenvalue weighted by molar-refractivity contribution is 5.92. The Kier molecular flexibility index (Phi) is 7.85. The molecule has 2 aliphatic rings. The molecule has 7 nitrogen and oxygen atoms in total. The molecule has 0 bridgehead atoms. The van der Waals surface area contributed by atoms with E-state index in [4.69, 9.17) is 5.73 Å². The lowest BCUT2D eigenvalue weighted by molar-refractivity contribution is -0.150. The summed E-state index contributed by atoms with van der Waals surface area (Å²) >= 11 is 0. The second-order valence-corrected chi connectivity index (χ2v) is 8.73. The second-order valence-electron chi connectivity index (χ2n) is 8.73. The highest BCUT2D eigenvalue weighted by atomic mass is 16.2. The van der Waals surface area contributed by atoms with Crippen molar-refractivity contribution in [1.82, 2.24) is 15.5 Å². The molecule has 168 valence electrons. The van der Waals surface area contributed by atoms with Gasteiger partial charge in [0.1, 0.15) is 11.8 Å². The predicted molar refractivity (Wildman–Crippen MR) is 121 cm³/mol. The van der Waals surface area contributed by atoms with E-state index in [0.29, 0.717) is 25.2 Å². The Hall–Kier alpha value is -2.67. The normalized spacial score (nSPS) is 19.9. The van der Waals surface area contributed by atoms with Crippen LogP contribution in [0.25, 0.3) is 5.70 Å². The van der Waals surface area contributed by atoms with Crippen molar-refractivity contribution >= 4 is 23.3 Å².